The Morgan fingerprint density at radius 2 is 2.33 bits per heavy atom. The molecule has 2 N–H and O–H groups in total. The van der Waals surface area contributed by atoms with Crippen molar-refractivity contribution in [2.45, 2.75) is 23.5 Å². The van der Waals surface area contributed by atoms with Gasteiger partial charge < -0.3 is 5.32 Å². The number of hydrogen-bond acceptors (Lipinski definition) is 6. The molecule has 118 valence electrons. The van der Waals surface area contributed by atoms with E-state index in [-0.39, 0.29) is 14.2 Å². The van der Waals surface area contributed by atoms with Crippen LogP contribution in [0.1, 0.15) is 19.3 Å². The minimum atomic E-state index is -3.74. The molecule has 0 spiro atoms. The zero-order valence-electron chi connectivity index (χ0n) is 11.2. The van der Waals surface area contributed by atoms with E-state index in [0.29, 0.717) is 23.8 Å². The summed E-state index contributed by atoms with van der Waals surface area (Å²) in [5.74, 6) is 0.461. The van der Waals surface area contributed by atoms with Gasteiger partial charge in [-0.3, -0.25) is 10.1 Å². The molecule has 1 fully saturated rings. The number of halogens is 1. The second-order valence-electron chi connectivity index (χ2n) is 4.88. The fourth-order valence-corrected chi connectivity index (χ4v) is 4.99. The molecule has 1 aromatic heterocycles. The maximum Gasteiger partial charge on any atom is 0.300 e. The van der Waals surface area contributed by atoms with Gasteiger partial charge in [0.15, 0.2) is 4.34 Å². The zero-order chi connectivity index (χ0) is 15.5. The quantitative estimate of drug-likeness (QED) is 0.601. The van der Waals surface area contributed by atoms with Crippen LogP contribution in [0.15, 0.2) is 10.3 Å². The van der Waals surface area contributed by atoms with Gasteiger partial charge in [-0.25, -0.2) is 13.1 Å². The van der Waals surface area contributed by atoms with Gasteiger partial charge in [-0.1, -0.05) is 11.6 Å². The number of hydrogen-bond donors (Lipinski definition) is 2. The number of nitrogens with one attached hydrogen (secondary N) is 2. The monoisotopic (exact) mass is 353 g/mol. The lowest BCUT2D eigenvalue weighted by Crippen LogP contribution is -2.33. The summed E-state index contributed by atoms with van der Waals surface area (Å²) < 4.78 is 26.4. The molecule has 1 aromatic rings. The van der Waals surface area contributed by atoms with Gasteiger partial charge in [-0.2, -0.15) is 0 Å². The molecule has 0 amide bonds. The molecule has 1 unspecified atom stereocenters. The predicted octanol–water partition coefficient (Wildman–Crippen LogP) is 1.98. The highest BCUT2D eigenvalue weighted by molar-refractivity contribution is 7.91. The smallest absolute Gasteiger partial charge is 0.300 e. The van der Waals surface area contributed by atoms with E-state index in [9.17, 15) is 18.5 Å². The van der Waals surface area contributed by atoms with Crippen molar-refractivity contribution in [3.05, 3.63) is 20.5 Å². The van der Waals surface area contributed by atoms with Crippen LogP contribution in [0.4, 0.5) is 5.69 Å². The van der Waals surface area contributed by atoms with E-state index in [4.69, 9.17) is 11.6 Å². The van der Waals surface area contributed by atoms with E-state index in [2.05, 4.69) is 10.0 Å². The molecule has 0 radical (unpaired) electrons. The normalized spacial score (nSPS) is 19.6. The predicted molar refractivity (Wildman–Crippen MR) is 81.4 cm³/mol. The van der Waals surface area contributed by atoms with Crippen LogP contribution in [-0.2, 0) is 10.0 Å². The minimum absolute atomic E-state index is 0.124. The highest BCUT2D eigenvalue weighted by atomic mass is 35.5. The second kappa shape index (κ2) is 7.01. The minimum Gasteiger partial charge on any atom is -0.316 e. The van der Waals surface area contributed by atoms with Crippen molar-refractivity contribution < 1.29 is 13.3 Å². The number of rotatable bonds is 6. The van der Waals surface area contributed by atoms with Crippen molar-refractivity contribution in [1.82, 2.24) is 10.0 Å². The van der Waals surface area contributed by atoms with Gasteiger partial charge in [0.05, 0.1) is 4.92 Å². The summed E-state index contributed by atoms with van der Waals surface area (Å²) in [7, 11) is -3.74. The zero-order valence-corrected chi connectivity index (χ0v) is 13.6. The summed E-state index contributed by atoms with van der Waals surface area (Å²) in [5, 5.41) is 14.0. The number of nitrogens with zero attached hydrogens (tertiary/aromatic N) is 1. The van der Waals surface area contributed by atoms with Crippen molar-refractivity contribution in [3.63, 3.8) is 0 Å². The molecule has 0 aromatic carbocycles. The Morgan fingerprint density at radius 1 is 1.57 bits per heavy atom. The van der Waals surface area contributed by atoms with Gasteiger partial charge in [0.25, 0.3) is 5.69 Å². The molecule has 0 saturated carbocycles. The molecule has 2 rings (SSSR count). The van der Waals surface area contributed by atoms with Gasteiger partial charge in [-0.05, 0) is 38.3 Å². The van der Waals surface area contributed by atoms with Crippen molar-refractivity contribution in [1.29, 1.82) is 0 Å². The Balaban J connectivity index is 1.95. The number of nitro groups is 1. The largest absolute Gasteiger partial charge is 0.316 e. The van der Waals surface area contributed by atoms with Crippen LogP contribution in [0.2, 0.25) is 4.34 Å². The van der Waals surface area contributed by atoms with Crippen LogP contribution in [0.5, 0.6) is 0 Å². The Hall–Kier alpha value is -0.740. The Bertz CT molecular complexity index is 611. The number of piperidine rings is 1. The third kappa shape index (κ3) is 4.36. The third-order valence-corrected chi connectivity index (χ3v) is 6.62. The maximum atomic E-state index is 12.1. The van der Waals surface area contributed by atoms with E-state index < -0.39 is 14.9 Å². The van der Waals surface area contributed by atoms with Crippen LogP contribution in [0, 0.1) is 16.0 Å². The molecule has 0 aliphatic carbocycles. The maximum absolute atomic E-state index is 12.1. The first-order chi connectivity index (χ1) is 9.90. The molecule has 10 heteroatoms. The number of sulfonamides is 1. The van der Waals surface area contributed by atoms with Crippen molar-refractivity contribution >= 4 is 38.6 Å². The Labute approximate surface area is 131 Å². The van der Waals surface area contributed by atoms with Gasteiger partial charge >= 0.3 is 0 Å². The van der Waals surface area contributed by atoms with Gasteiger partial charge in [0.1, 0.15) is 4.21 Å². The summed E-state index contributed by atoms with van der Waals surface area (Å²) in [6.45, 7) is 2.23. The van der Waals surface area contributed by atoms with E-state index in [0.717, 1.165) is 38.4 Å². The molecule has 7 nitrogen and oxygen atoms in total. The first kappa shape index (κ1) is 16.6. The molecule has 21 heavy (non-hydrogen) atoms. The van der Waals surface area contributed by atoms with Crippen molar-refractivity contribution in [2.75, 3.05) is 19.6 Å². The molecule has 2 heterocycles. The van der Waals surface area contributed by atoms with Crippen molar-refractivity contribution in [3.8, 4) is 0 Å². The lowest BCUT2D eigenvalue weighted by Gasteiger charge is -2.22. The van der Waals surface area contributed by atoms with E-state index in [1.807, 2.05) is 0 Å². The average molecular weight is 354 g/mol. The lowest BCUT2D eigenvalue weighted by molar-refractivity contribution is -0.384. The molecule has 1 saturated heterocycles. The summed E-state index contributed by atoms with van der Waals surface area (Å²) in [4.78, 5) is 10.00. The fourth-order valence-electron chi connectivity index (χ4n) is 2.23. The topological polar surface area (TPSA) is 101 Å². The molecular weight excluding hydrogens is 338 g/mol. The fraction of sp³-hybridized carbons (Fsp3) is 0.636. The summed E-state index contributed by atoms with van der Waals surface area (Å²) in [6.07, 6.45) is 2.93. The van der Waals surface area contributed by atoms with Gasteiger partial charge in [-0.15, -0.1) is 11.3 Å². The van der Waals surface area contributed by atoms with Gasteiger partial charge in [0, 0.05) is 12.6 Å². The molecule has 1 atom stereocenters. The first-order valence-corrected chi connectivity index (χ1v) is 9.22. The standard InChI is InChI=1S/C11H16ClN3O4S2/c12-11-9(15(16)17)6-10(20-11)21(18,19)14-5-3-8-2-1-4-13-7-8/h6,8,13-14H,1-5,7H2. The van der Waals surface area contributed by atoms with E-state index in [1.165, 1.54) is 0 Å². The lowest BCUT2D eigenvalue weighted by atomic mass is 9.96. The van der Waals surface area contributed by atoms with Crippen LogP contribution in [0.3, 0.4) is 0 Å². The third-order valence-electron chi connectivity index (χ3n) is 3.35. The van der Waals surface area contributed by atoms with E-state index in [1.54, 1.807) is 0 Å². The molecule has 1 aliphatic heterocycles. The highest BCUT2D eigenvalue weighted by Gasteiger charge is 2.25. The Morgan fingerprint density at radius 3 is 2.90 bits per heavy atom. The van der Waals surface area contributed by atoms with Crippen LogP contribution < -0.4 is 10.0 Å². The molecule has 0 bridgehead atoms. The van der Waals surface area contributed by atoms with Crippen molar-refractivity contribution in [2.24, 2.45) is 5.92 Å². The van der Waals surface area contributed by atoms with Crippen LogP contribution in [0.25, 0.3) is 0 Å². The SMILES string of the molecule is O=[N+]([O-])c1cc(S(=O)(=O)NCCC2CCCNC2)sc1Cl. The highest BCUT2D eigenvalue weighted by Crippen LogP contribution is 2.36. The Kier molecular flexibility index (Phi) is 5.55. The second-order valence-corrected chi connectivity index (χ2v) is 8.53. The van der Waals surface area contributed by atoms with E-state index >= 15 is 0 Å². The summed E-state index contributed by atoms with van der Waals surface area (Å²) in [5.41, 5.74) is -0.376. The first-order valence-electron chi connectivity index (χ1n) is 6.54. The summed E-state index contributed by atoms with van der Waals surface area (Å²) >= 11 is 6.37. The molecular formula is C11H16ClN3O4S2. The summed E-state index contributed by atoms with van der Waals surface area (Å²) in [6, 6.07) is 0.998. The van der Waals surface area contributed by atoms with Gasteiger partial charge in [0.2, 0.25) is 10.0 Å². The van der Waals surface area contributed by atoms with Crippen LogP contribution in [-0.4, -0.2) is 33.0 Å². The van der Waals surface area contributed by atoms with Crippen LogP contribution >= 0.6 is 22.9 Å². The number of thiophene rings is 1. The average Bonchev–Trinajstić information content (AvgIpc) is 2.83. The molecule has 1 aliphatic rings.